The molecule has 3 amide bonds. The average molecular weight is 741 g/mol. The van der Waals surface area contributed by atoms with Crippen LogP contribution in [0.5, 0.6) is 0 Å². The second-order valence-electron chi connectivity index (χ2n) is 6.18. The monoisotopic (exact) mass is 741 g/mol. The van der Waals surface area contributed by atoms with Crippen molar-refractivity contribution < 1.29 is 24.3 Å². The fourth-order valence-corrected chi connectivity index (χ4v) is 7.68. The van der Waals surface area contributed by atoms with Crippen molar-refractivity contribution in [2.75, 3.05) is 37.5 Å². The third-order valence-corrected chi connectivity index (χ3v) is 7.35. The highest BCUT2D eigenvalue weighted by Gasteiger charge is 2.31. The van der Waals surface area contributed by atoms with E-state index >= 15 is 0 Å². The Kier molecular flexibility index (Phi) is 10.0. The third kappa shape index (κ3) is 5.71. The van der Waals surface area contributed by atoms with Crippen molar-refractivity contribution in [1.82, 2.24) is 4.90 Å². The van der Waals surface area contributed by atoms with Crippen LogP contribution in [0.25, 0.3) is 0 Å². The molecule has 0 heterocycles. The van der Waals surface area contributed by atoms with Crippen LogP contribution in [-0.2, 0) is 14.4 Å². The molecule has 0 aliphatic rings. The van der Waals surface area contributed by atoms with Gasteiger partial charge in [0.05, 0.1) is 27.6 Å². The Balaban J connectivity index is 3.88. The van der Waals surface area contributed by atoms with Gasteiger partial charge in [-0.3, -0.25) is 19.2 Å². The zero-order chi connectivity index (χ0) is 22.6. The number of hydrogen-bond acceptors (Lipinski definition) is 4. The number of carboxylic acid groups (broad SMARTS) is 1. The van der Waals surface area contributed by atoms with Crippen LogP contribution in [0, 0.1) is 10.7 Å². The maximum Gasteiger partial charge on any atom is 0.323 e. The number of halogens is 3. The Bertz CT molecular complexity index is 811. The van der Waals surface area contributed by atoms with E-state index in [0.717, 1.165) is 4.90 Å². The number of carbonyl (C=O) groups is 4. The van der Waals surface area contributed by atoms with Gasteiger partial charge in [-0.25, -0.2) is 0 Å². The fourth-order valence-electron chi connectivity index (χ4n) is 2.60. The van der Waals surface area contributed by atoms with E-state index in [-0.39, 0.29) is 30.2 Å². The molecule has 11 heteroatoms. The van der Waals surface area contributed by atoms with Crippen LogP contribution in [-0.4, -0.2) is 61.4 Å². The lowest BCUT2D eigenvalue weighted by molar-refractivity contribution is -0.137. The van der Waals surface area contributed by atoms with E-state index in [1.807, 2.05) is 45.2 Å². The fraction of sp³-hybridized carbons (Fsp3) is 0.444. The Morgan fingerprint density at radius 2 is 1.17 bits per heavy atom. The first-order valence-electron chi connectivity index (χ1n) is 8.61. The van der Waals surface area contributed by atoms with E-state index in [9.17, 15) is 19.2 Å². The first-order chi connectivity index (χ1) is 13.4. The summed E-state index contributed by atoms with van der Waals surface area (Å²) in [6, 6.07) is 0. The Hall–Kier alpha value is -0.710. The summed E-state index contributed by atoms with van der Waals surface area (Å²) in [5.74, 6) is -1.91. The normalized spacial score (nSPS) is 10.5. The first kappa shape index (κ1) is 26.3. The Morgan fingerprint density at radius 1 is 0.793 bits per heavy atom. The number of hydrogen-bond donors (Lipinski definition) is 1. The van der Waals surface area contributed by atoms with Crippen molar-refractivity contribution >= 4 is 103 Å². The van der Waals surface area contributed by atoms with Gasteiger partial charge in [0, 0.05) is 34.0 Å². The van der Waals surface area contributed by atoms with E-state index in [1.54, 1.807) is 27.9 Å². The molecule has 0 aliphatic heterocycles. The molecule has 0 bridgehead atoms. The van der Waals surface area contributed by atoms with Crippen LogP contribution in [0.2, 0.25) is 0 Å². The van der Waals surface area contributed by atoms with Gasteiger partial charge in [-0.1, -0.05) is 13.8 Å². The van der Waals surface area contributed by atoms with Crippen molar-refractivity contribution in [3.8, 4) is 0 Å². The van der Waals surface area contributed by atoms with Gasteiger partial charge in [0.25, 0.3) is 5.91 Å². The average Bonchev–Trinajstić information content (AvgIpc) is 2.65. The zero-order valence-corrected chi connectivity index (χ0v) is 23.1. The van der Waals surface area contributed by atoms with Crippen LogP contribution in [0.1, 0.15) is 37.0 Å². The van der Waals surface area contributed by atoms with Crippen LogP contribution < -0.4 is 9.80 Å². The topological polar surface area (TPSA) is 98.2 Å². The van der Waals surface area contributed by atoms with Crippen molar-refractivity contribution in [1.29, 1.82) is 0 Å². The predicted octanol–water partition coefficient (Wildman–Crippen LogP) is 3.40. The SMILES string of the molecule is CCC(=O)N(C)c1c(I)c(C(=O)N(C)CC(=O)O)c(I)c(N(C)C(=O)CC)c1I. The summed E-state index contributed by atoms with van der Waals surface area (Å²) in [7, 11) is 4.65. The predicted molar refractivity (Wildman–Crippen MR) is 137 cm³/mol. The molecule has 0 saturated heterocycles. The lowest BCUT2D eigenvalue weighted by Gasteiger charge is -2.29. The van der Waals surface area contributed by atoms with Crippen LogP contribution in [0.4, 0.5) is 11.4 Å². The highest BCUT2D eigenvalue weighted by Crippen LogP contribution is 2.42. The van der Waals surface area contributed by atoms with E-state index in [4.69, 9.17) is 5.11 Å². The minimum Gasteiger partial charge on any atom is -0.480 e. The van der Waals surface area contributed by atoms with Crippen molar-refractivity contribution in [3.63, 3.8) is 0 Å². The van der Waals surface area contributed by atoms with Gasteiger partial charge in [0.15, 0.2) is 0 Å². The molecule has 160 valence electrons. The molecule has 0 unspecified atom stereocenters. The van der Waals surface area contributed by atoms with E-state index in [1.165, 1.54) is 16.8 Å². The number of likely N-dealkylation sites (N-methyl/N-ethyl adjacent to an activating group) is 1. The summed E-state index contributed by atoms with van der Waals surface area (Å²) >= 11 is 6.09. The molecule has 0 aromatic heterocycles. The minimum absolute atomic E-state index is 0.144. The highest BCUT2D eigenvalue weighted by atomic mass is 127. The maximum atomic E-state index is 13.1. The number of benzene rings is 1. The molecule has 0 saturated carbocycles. The second kappa shape index (κ2) is 11.1. The molecular weight excluding hydrogens is 719 g/mol. The van der Waals surface area contributed by atoms with Gasteiger partial charge in [-0.05, 0) is 67.8 Å². The molecule has 1 rings (SSSR count). The maximum absolute atomic E-state index is 13.1. The summed E-state index contributed by atoms with van der Waals surface area (Å²) < 4.78 is 1.73. The summed E-state index contributed by atoms with van der Waals surface area (Å²) in [6.07, 6.45) is 0.547. The lowest BCUT2D eigenvalue weighted by Crippen LogP contribution is -2.36. The summed E-state index contributed by atoms with van der Waals surface area (Å²) in [5.41, 5.74) is 1.32. The summed E-state index contributed by atoms with van der Waals surface area (Å²) in [5, 5.41) is 9.05. The number of carbonyl (C=O) groups excluding carboxylic acids is 3. The first-order valence-corrected chi connectivity index (χ1v) is 11.8. The molecule has 8 nitrogen and oxygen atoms in total. The largest absolute Gasteiger partial charge is 0.480 e. The van der Waals surface area contributed by atoms with Gasteiger partial charge < -0.3 is 19.8 Å². The number of anilines is 2. The van der Waals surface area contributed by atoms with Crippen LogP contribution in [0.15, 0.2) is 0 Å². The van der Waals surface area contributed by atoms with Crippen LogP contribution in [0.3, 0.4) is 0 Å². The van der Waals surface area contributed by atoms with Gasteiger partial charge in [0.1, 0.15) is 6.54 Å². The van der Waals surface area contributed by atoms with Crippen molar-refractivity contribution in [3.05, 3.63) is 16.3 Å². The number of amides is 3. The van der Waals surface area contributed by atoms with Crippen molar-refractivity contribution in [2.24, 2.45) is 0 Å². The molecule has 0 radical (unpaired) electrons. The standard InChI is InChI=1S/C18H22I3N3O5/c1-6-9(25)23(4)16-13(19)12(18(29)22(3)8-11(27)28)14(20)17(15(16)21)24(5)10(26)7-2/h6-8H2,1-5H3,(H,27,28). The minimum atomic E-state index is -1.13. The van der Waals surface area contributed by atoms with Crippen LogP contribution >= 0.6 is 67.8 Å². The molecule has 1 aromatic carbocycles. The van der Waals surface area contributed by atoms with Gasteiger partial charge in [-0.2, -0.15) is 0 Å². The molecule has 0 aliphatic carbocycles. The number of carboxylic acids is 1. The number of aliphatic carboxylic acids is 1. The van der Waals surface area contributed by atoms with Gasteiger partial charge in [0.2, 0.25) is 11.8 Å². The van der Waals surface area contributed by atoms with Gasteiger partial charge in [-0.15, -0.1) is 0 Å². The van der Waals surface area contributed by atoms with E-state index in [0.29, 0.717) is 22.1 Å². The number of nitrogens with zero attached hydrogens (tertiary/aromatic N) is 3. The smallest absolute Gasteiger partial charge is 0.323 e. The zero-order valence-electron chi connectivity index (χ0n) is 16.7. The lowest BCUT2D eigenvalue weighted by atomic mass is 10.1. The molecule has 29 heavy (non-hydrogen) atoms. The van der Waals surface area contributed by atoms with E-state index in [2.05, 4.69) is 22.6 Å². The molecule has 0 fully saturated rings. The Morgan fingerprint density at radius 3 is 1.48 bits per heavy atom. The van der Waals surface area contributed by atoms with E-state index < -0.39 is 18.4 Å². The summed E-state index contributed by atoms with van der Waals surface area (Å²) in [6.45, 7) is 3.02. The highest BCUT2D eigenvalue weighted by molar-refractivity contribution is 14.1. The molecule has 1 aromatic rings. The molecular formula is C18H22I3N3O5. The Labute approximate surface area is 210 Å². The molecule has 0 spiro atoms. The van der Waals surface area contributed by atoms with Crippen molar-refractivity contribution in [2.45, 2.75) is 26.7 Å². The quantitative estimate of drug-likeness (QED) is 0.433. The third-order valence-electron chi connectivity index (χ3n) is 4.23. The second-order valence-corrected chi connectivity index (χ2v) is 9.42. The summed E-state index contributed by atoms with van der Waals surface area (Å²) in [4.78, 5) is 53.0. The number of rotatable bonds is 7. The molecule has 0 atom stereocenters. The molecule has 1 N–H and O–H groups in total. The van der Waals surface area contributed by atoms with Gasteiger partial charge >= 0.3 is 5.97 Å².